The molecule has 0 N–H and O–H groups in total. The Morgan fingerprint density at radius 3 is 1.55 bits per heavy atom. The molecule has 0 saturated carbocycles. The number of carbonyl (C=O) groups is 2. The molecule has 0 aliphatic heterocycles. The van der Waals surface area contributed by atoms with Gasteiger partial charge in [0.05, 0.1) is 29.8 Å². The van der Waals surface area contributed by atoms with E-state index in [-0.39, 0.29) is 11.6 Å². The van der Waals surface area contributed by atoms with Crippen molar-refractivity contribution in [1.29, 1.82) is 0 Å². The molecule has 33 heavy (non-hydrogen) atoms. The summed E-state index contributed by atoms with van der Waals surface area (Å²) in [5.41, 5.74) is -2.15. The third kappa shape index (κ3) is 14.5. The summed E-state index contributed by atoms with van der Waals surface area (Å²) in [5.74, 6) is -0.612. The van der Waals surface area contributed by atoms with Gasteiger partial charge in [0.25, 0.3) is 0 Å². The Kier molecular flexibility index (Phi) is 11.3. The summed E-state index contributed by atoms with van der Waals surface area (Å²) in [6.07, 6.45) is 2.51. The topological polar surface area (TPSA) is 71.1 Å². The van der Waals surface area contributed by atoms with Gasteiger partial charge >= 0.3 is 11.9 Å². The van der Waals surface area contributed by atoms with E-state index in [1.165, 1.54) is 0 Å². The number of carbonyl (C=O) groups excluding carboxylic acids is 2. The third-order valence-electron chi connectivity index (χ3n) is 5.43. The molecule has 0 bridgehead atoms. The van der Waals surface area contributed by atoms with Gasteiger partial charge in [0.2, 0.25) is 0 Å². The largest absolute Gasteiger partial charge is 0.459 e. The molecule has 6 nitrogen and oxygen atoms in total. The molecule has 0 aromatic heterocycles. The van der Waals surface area contributed by atoms with Gasteiger partial charge in [-0.2, -0.15) is 0 Å². The second-order valence-corrected chi connectivity index (χ2v) is 12.5. The molecule has 0 aromatic rings. The first kappa shape index (κ1) is 31.6. The van der Waals surface area contributed by atoms with Gasteiger partial charge < -0.3 is 18.9 Å². The highest BCUT2D eigenvalue weighted by Crippen LogP contribution is 2.32. The normalized spacial score (nSPS) is 13.6. The molecule has 0 rings (SSSR count). The molecule has 0 saturated heterocycles. The maximum atomic E-state index is 12.9. The highest BCUT2D eigenvalue weighted by molar-refractivity contribution is 5.87. The summed E-state index contributed by atoms with van der Waals surface area (Å²) in [6.45, 7) is 27.6. The third-order valence-corrected chi connectivity index (χ3v) is 5.43. The summed E-state index contributed by atoms with van der Waals surface area (Å²) in [5, 5.41) is 0. The zero-order valence-electron chi connectivity index (χ0n) is 23.4. The van der Waals surface area contributed by atoms with Crippen molar-refractivity contribution in [2.75, 3.05) is 13.2 Å². The Balaban J connectivity index is 4.66. The van der Waals surface area contributed by atoms with E-state index in [1.807, 2.05) is 76.2 Å². The van der Waals surface area contributed by atoms with Crippen LogP contribution < -0.4 is 0 Å². The molecular weight excluding hydrogens is 420 g/mol. The van der Waals surface area contributed by atoms with E-state index in [1.54, 1.807) is 6.92 Å². The van der Waals surface area contributed by atoms with Crippen LogP contribution in [-0.2, 0) is 28.5 Å². The summed E-state index contributed by atoms with van der Waals surface area (Å²) in [7, 11) is 0. The fourth-order valence-electron chi connectivity index (χ4n) is 2.79. The molecular formula is C27H50O6. The van der Waals surface area contributed by atoms with Crippen LogP contribution >= 0.6 is 0 Å². The monoisotopic (exact) mass is 470 g/mol. The average Bonchev–Trinajstić information content (AvgIpc) is 2.57. The number of rotatable bonds is 14. The Bertz CT molecular complexity index is 665. The van der Waals surface area contributed by atoms with Crippen molar-refractivity contribution in [3.8, 4) is 0 Å². The van der Waals surface area contributed by atoms with Gasteiger partial charge in [-0.25, -0.2) is 4.79 Å². The van der Waals surface area contributed by atoms with Crippen molar-refractivity contribution in [2.24, 2.45) is 5.41 Å². The van der Waals surface area contributed by atoms with Gasteiger partial charge in [0.1, 0.15) is 11.2 Å². The van der Waals surface area contributed by atoms with E-state index in [2.05, 4.69) is 6.58 Å². The van der Waals surface area contributed by atoms with E-state index < -0.39 is 28.2 Å². The second kappa shape index (κ2) is 11.8. The van der Waals surface area contributed by atoms with Crippen LogP contribution in [0.1, 0.15) is 109 Å². The van der Waals surface area contributed by atoms with Gasteiger partial charge in [-0.1, -0.05) is 6.58 Å². The van der Waals surface area contributed by atoms with Crippen LogP contribution in [0.3, 0.4) is 0 Å². The SMILES string of the molecule is C=C(C)C(=O)OC(C)(C)CCOC(C)(C)CCC(C)(C)C(=O)OC(C)(C)CCOC(C)(C)C. The molecule has 0 heterocycles. The molecule has 0 fully saturated rings. The lowest BCUT2D eigenvalue weighted by atomic mass is 9.83. The van der Waals surface area contributed by atoms with Crippen molar-refractivity contribution in [2.45, 2.75) is 131 Å². The van der Waals surface area contributed by atoms with Crippen molar-refractivity contribution in [3.05, 3.63) is 12.2 Å². The molecule has 0 radical (unpaired) electrons. The quantitative estimate of drug-likeness (QED) is 0.216. The predicted octanol–water partition coefficient (Wildman–Crippen LogP) is 6.40. The lowest BCUT2D eigenvalue weighted by Gasteiger charge is -2.34. The zero-order valence-corrected chi connectivity index (χ0v) is 23.4. The van der Waals surface area contributed by atoms with Crippen LogP contribution in [0.15, 0.2) is 12.2 Å². The second-order valence-electron chi connectivity index (χ2n) is 12.5. The van der Waals surface area contributed by atoms with Crippen molar-refractivity contribution >= 4 is 11.9 Å². The molecule has 0 unspecified atom stereocenters. The van der Waals surface area contributed by atoms with E-state index in [0.29, 0.717) is 44.5 Å². The van der Waals surface area contributed by atoms with Crippen LogP contribution in [0.25, 0.3) is 0 Å². The highest BCUT2D eigenvalue weighted by atomic mass is 16.6. The summed E-state index contributed by atoms with van der Waals surface area (Å²) >= 11 is 0. The Morgan fingerprint density at radius 2 is 1.09 bits per heavy atom. The molecule has 194 valence electrons. The summed E-state index contributed by atoms with van der Waals surface area (Å²) in [6, 6.07) is 0. The first-order valence-electron chi connectivity index (χ1n) is 12.0. The fraction of sp³-hybridized carbons (Fsp3) is 0.852. The molecule has 0 aromatic carbocycles. The summed E-state index contributed by atoms with van der Waals surface area (Å²) < 4.78 is 23.2. The van der Waals surface area contributed by atoms with E-state index in [4.69, 9.17) is 18.9 Å². The fourth-order valence-corrected chi connectivity index (χ4v) is 2.79. The smallest absolute Gasteiger partial charge is 0.333 e. The van der Waals surface area contributed by atoms with E-state index >= 15 is 0 Å². The van der Waals surface area contributed by atoms with Crippen LogP contribution in [0.2, 0.25) is 0 Å². The highest BCUT2D eigenvalue weighted by Gasteiger charge is 2.36. The van der Waals surface area contributed by atoms with Crippen LogP contribution in [0.5, 0.6) is 0 Å². The van der Waals surface area contributed by atoms with Crippen molar-refractivity contribution in [1.82, 2.24) is 0 Å². The molecule has 0 atom stereocenters. The van der Waals surface area contributed by atoms with Crippen LogP contribution in [0, 0.1) is 5.41 Å². The molecule has 6 heteroatoms. The van der Waals surface area contributed by atoms with E-state index in [0.717, 1.165) is 0 Å². The van der Waals surface area contributed by atoms with Crippen LogP contribution in [-0.4, -0.2) is 47.6 Å². The van der Waals surface area contributed by atoms with E-state index in [9.17, 15) is 9.59 Å². The van der Waals surface area contributed by atoms with Gasteiger partial charge in [-0.05, 0) is 95.9 Å². The Hall–Kier alpha value is -1.40. The number of hydrogen-bond acceptors (Lipinski definition) is 6. The maximum Gasteiger partial charge on any atom is 0.333 e. The lowest BCUT2D eigenvalue weighted by molar-refractivity contribution is -0.170. The zero-order chi connectivity index (χ0) is 26.3. The van der Waals surface area contributed by atoms with Gasteiger partial charge in [0.15, 0.2) is 0 Å². The van der Waals surface area contributed by atoms with Crippen LogP contribution in [0.4, 0.5) is 0 Å². The van der Waals surface area contributed by atoms with Gasteiger partial charge in [-0.15, -0.1) is 0 Å². The molecule has 0 aliphatic carbocycles. The number of hydrogen-bond donors (Lipinski definition) is 0. The Morgan fingerprint density at radius 1 is 0.636 bits per heavy atom. The molecule has 0 aliphatic rings. The molecule has 0 amide bonds. The minimum atomic E-state index is -0.641. The Labute approximate surface area is 202 Å². The standard InChI is InChI=1S/C27H50O6/c1-20(2)21(28)32-26(10,11)17-19-31-25(8,9)15-14-24(6,7)22(29)33-27(12,13)16-18-30-23(3,4)5/h1,14-19H2,2-13H3. The van der Waals surface area contributed by atoms with Crippen molar-refractivity contribution in [3.63, 3.8) is 0 Å². The summed E-state index contributed by atoms with van der Waals surface area (Å²) in [4.78, 5) is 24.7. The minimum Gasteiger partial charge on any atom is -0.459 e. The first-order chi connectivity index (χ1) is 14.6. The number of ether oxygens (including phenoxy) is 4. The minimum absolute atomic E-state index is 0.216. The maximum absolute atomic E-state index is 12.9. The van der Waals surface area contributed by atoms with Crippen molar-refractivity contribution < 1.29 is 28.5 Å². The lowest BCUT2D eigenvalue weighted by Crippen LogP contribution is -2.38. The van der Waals surface area contributed by atoms with Gasteiger partial charge in [-0.3, -0.25) is 4.79 Å². The number of esters is 2. The van der Waals surface area contributed by atoms with Gasteiger partial charge in [0, 0.05) is 18.4 Å². The predicted molar refractivity (Wildman–Crippen MR) is 133 cm³/mol. The molecule has 0 spiro atoms. The first-order valence-corrected chi connectivity index (χ1v) is 12.0. The average molecular weight is 471 g/mol.